The number of benzene rings is 1. The average Bonchev–Trinajstić information content (AvgIpc) is 2.95. The number of para-hydroxylation sites is 1. The van der Waals surface area contributed by atoms with E-state index in [1.54, 1.807) is 6.33 Å². The first-order valence-corrected chi connectivity index (χ1v) is 6.60. The van der Waals surface area contributed by atoms with Gasteiger partial charge in [0, 0.05) is 11.9 Å². The zero-order valence-corrected chi connectivity index (χ0v) is 10.8. The molecule has 4 rings (SSSR count). The van der Waals surface area contributed by atoms with Crippen molar-refractivity contribution in [3.8, 4) is 0 Å². The fourth-order valence-electron chi connectivity index (χ4n) is 2.49. The van der Waals surface area contributed by atoms with Crippen LogP contribution in [0, 0.1) is 0 Å². The Morgan fingerprint density at radius 3 is 3.05 bits per heavy atom. The summed E-state index contributed by atoms with van der Waals surface area (Å²) in [5.74, 6) is 1.80. The summed E-state index contributed by atoms with van der Waals surface area (Å²) in [6.45, 7) is 0.961. The Morgan fingerprint density at radius 1 is 1.10 bits per heavy atom. The Labute approximate surface area is 116 Å². The van der Waals surface area contributed by atoms with E-state index in [9.17, 15) is 0 Å². The lowest BCUT2D eigenvalue weighted by Crippen LogP contribution is -1.97. The summed E-state index contributed by atoms with van der Waals surface area (Å²) in [5, 5.41) is 7.60. The maximum Gasteiger partial charge on any atom is 0.141 e. The molecule has 0 amide bonds. The van der Waals surface area contributed by atoms with Crippen molar-refractivity contribution >= 4 is 28.2 Å². The topological polar surface area (TPSA) is 62.7 Å². The molecule has 98 valence electrons. The lowest BCUT2D eigenvalue weighted by Gasteiger charge is -2.09. The molecule has 0 fully saturated rings. The smallest absolute Gasteiger partial charge is 0.141 e. The van der Waals surface area contributed by atoms with Gasteiger partial charge in [0.05, 0.1) is 17.4 Å². The molecule has 0 saturated heterocycles. The van der Waals surface area contributed by atoms with Crippen molar-refractivity contribution in [3.05, 3.63) is 48.4 Å². The quantitative estimate of drug-likeness (QED) is 0.744. The molecule has 2 aromatic heterocycles. The zero-order chi connectivity index (χ0) is 13.4. The molecule has 0 aliphatic carbocycles. The summed E-state index contributed by atoms with van der Waals surface area (Å²) in [6, 6.07) is 10.1. The average molecular weight is 263 g/mol. The molecule has 0 spiro atoms. The second-order valence-electron chi connectivity index (χ2n) is 4.77. The van der Waals surface area contributed by atoms with Gasteiger partial charge >= 0.3 is 0 Å². The number of hydrogen-bond acceptors (Lipinski definition) is 5. The van der Waals surface area contributed by atoms with E-state index in [0.29, 0.717) is 0 Å². The Hall–Kier alpha value is -2.69. The summed E-state index contributed by atoms with van der Waals surface area (Å²) in [5.41, 5.74) is 3.13. The minimum Gasteiger partial charge on any atom is -0.370 e. The number of hydrogen-bond donors (Lipinski definition) is 2. The van der Waals surface area contributed by atoms with Gasteiger partial charge in [0.25, 0.3) is 0 Å². The molecule has 1 aliphatic rings. The van der Waals surface area contributed by atoms with Gasteiger partial charge in [0.15, 0.2) is 0 Å². The van der Waals surface area contributed by atoms with Crippen molar-refractivity contribution in [2.24, 2.45) is 0 Å². The van der Waals surface area contributed by atoms with Crippen molar-refractivity contribution in [2.75, 3.05) is 17.2 Å². The van der Waals surface area contributed by atoms with Crippen molar-refractivity contribution in [2.45, 2.75) is 6.42 Å². The first-order chi connectivity index (χ1) is 9.90. The van der Waals surface area contributed by atoms with E-state index in [-0.39, 0.29) is 0 Å². The van der Waals surface area contributed by atoms with E-state index in [0.717, 1.165) is 41.2 Å². The first-order valence-electron chi connectivity index (χ1n) is 6.60. The summed E-state index contributed by atoms with van der Waals surface area (Å²) >= 11 is 0. The minimum absolute atomic E-state index is 0.809. The number of rotatable bonds is 2. The highest BCUT2D eigenvalue weighted by Crippen LogP contribution is 2.26. The molecule has 0 bridgehead atoms. The molecule has 1 aliphatic heterocycles. The number of pyridine rings is 1. The van der Waals surface area contributed by atoms with E-state index in [4.69, 9.17) is 0 Å². The van der Waals surface area contributed by atoms with Crippen molar-refractivity contribution in [3.63, 3.8) is 0 Å². The summed E-state index contributed by atoms with van der Waals surface area (Å²) in [6.07, 6.45) is 4.42. The summed E-state index contributed by atoms with van der Waals surface area (Å²) in [7, 11) is 0. The van der Waals surface area contributed by atoms with Crippen LogP contribution in [0.5, 0.6) is 0 Å². The fraction of sp³-hybridized carbons (Fsp3) is 0.133. The van der Waals surface area contributed by atoms with E-state index in [2.05, 4.69) is 31.7 Å². The van der Waals surface area contributed by atoms with E-state index < -0.39 is 0 Å². The molecule has 0 saturated carbocycles. The highest BCUT2D eigenvalue weighted by atomic mass is 15.0. The minimum atomic E-state index is 0.809. The van der Waals surface area contributed by atoms with Crippen LogP contribution in [0.25, 0.3) is 10.9 Å². The van der Waals surface area contributed by atoms with E-state index in [1.165, 1.54) is 5.56 Å². The number of nitrogens with zero attached hydrogens (tertiary/aromatic N) is 3. The SMILES string of the molecule is c1ccc2c(Nc3cnc4c(c3)CCN4)ncnc2c1. The van der Waals surface area contributed by atoms with Gasteiger partial charge in [-0.05, 0) is 30.2 Å². The van der Waals surface area contributed by atoms with Crippen LogP contribution < -0.4 is 10.6 Å². The predicted molar refractivity (Wildman–Crippen MR) is 79.3 cm³/mol. The Morgan fingerprint density at radius 2 is 2.05 bits per heavy atom. The van der Waals surface area contributed by atoms with Crippen LogP contribution in [0.15, 0.2) is 42.9 Å². The van der Waals surface area contributed by atoms with E-state index in [1.807, 2.05) is 30.5 Å². The third-order valence-electron chi connectivity index (χ3n) is 3.46. The van der Waals surface area contributed by atoms with Gasteiger partial charge in [-0.2, -0.15) is 0 Å². The second-order valence-corrected chi connectivity index (χ2v) is 4.77. The van der Waals surface area contributed by atoms with Crippen LogP contribution in [0.4, 0.5) is 17.3 Å². The molecule has 2 N–H and O–H groups in total. The van der Waals surface area contributed by atoms with Gasteiger partial charge in [-0.25, -0.2) is 15.0 Å². The molecule has 3 aromatic rings. The van der Waals surface area contributed by atoms with Gasteiger partial charge in [0.1, 0.15) is 18.0 Å². The number of nitrogens with one attached hydrogen (secondary N) is 2. The zero-order valence-electron chi connectivity index (χ0n) is 10.8. The van der Waals surface area contributed by atoms with Gasteiger partial charge < -0.3 is 10.6 Å². The predicted octanol–water partition coefficient (Wildman–Crippen LogP) is 2.74. The van der Waals surface area contributed by atoms with Gasteiger partial charge in [-0.1, -0.05) is 12.1 Å². The number of anilines is 3. The second kappa shape index (κ2) is 4.45. The molecule has 1 aromatic carbocycles. The lowest BCUT2D eigenvalue weighted by atomic mass is 10.2. The monoisotopic (exact) mass is 263 g/mol. The van der Waals surface area contributed by atoms with Crippen LogP contribution in [0.2, 0.25) is 0 Å². The molecular formula is C15H13N5. The Kier molecular flexibility index (Phi) is 2.48. The number of aromatic nitrogens is 3. The highest BCUT2D eigenvalue weighted by molar-refractivity contribution is 5.90. The van der Waals surface area contributed by atoms with Crippen LogP contribution in [0.1, 0.15) is 5.56 Å². The van der Waals surface area contributed by atoms with Gasteiger partial charge in [-0.15, -0.1) is 0 Å². The van der Waals surface area contributed by atoms with E-state index >= 15 is 0 Å². The normalized spacial score (nSPS) is 13.0. The van der Waals surface area contributed by atoms with Crippen LogP contribution in [0.3, 0.4) is 0 Å². The summed E-state index contributed by atoms with van der Waals surface area (Å²) < 4.78 is 0. The molecule has 20 heavy (non-hydrogen) atoms. The molecule has 5 nitrogen and oxygen atoms in total. The fourth-order valence-corrected chi connectivity index (χ4v) is 2.49. The van der Waals surface area contributed by atoms with Crippen molar-refractivity contribution in [1.29, 1.82) is 0 Å². The largest absolute Gasteiger partial charge is 0.370 e. The van der Waals surface area contributed by atoms with Crippen LogP contribution in [-0.2, 0) is 6.42 Å². The molecular weight excluding hydrogens is 250 g/mol. The van der Waals surface area contributed by atoms with Crippen LogP contribution in [-0.4, -0.2) is 21.5 Å². The molecule has 0 atom stereocenters. The molecule has 3 heterocycles. The number of fused-ring (bicyclic) bond motifs is 2. The molecule has 0 unspecified atom stereocenters. The van der Waals surface area contributed by atoms with Gasteiger partial charge in [0.2, 0.25) is 0 Å². The molecule has 5 heteroatoms. The van der Waals surface area contributed by atoms with Crippen LogP contribution >= 0.6 is 0 Å². The maximum absolute atomic E-state index is 4.42. The van der Waals surface area contributed by atoms with Gasteiger partial charge in [-0.3, -0.25) is 0 Å². The van der Waals surface area contributed by atoms with Crippen molar-refractivity contribution < 1.29 is 0 Å². The van der Waals surface area contributed by atoms with Crippen molar-refractivity contribution in [1.82, 2.24) is 15.0 Å². The standard InChI is InChI=1S/C15H13N5/c1-2-4-13-12(3-1)15(19-9-18-13)20-11-7-10-5-6-16-14(10)17-8-11/h1-4,7-9H,5-6H2,(H,16,17)(H,18,19,20). The Balaban J connectivity index is 1.74. The lowest BCUT2D eigenvalue weighted by molar-refractivity contribution is 1.11. The maximum atomic E-state index is 4.42. The molecule has 0 radical (unpaired) electrons. The first kappa shape index (κ1) is 11.2. The summed E-state index contributed by atoms with van der Waals surface area (Å²) in [4.78, 5) is 13.0. The highest BCUT2D eigenvalue weighted by Gasteiger charge is 2.12. The Bertz CT molecular complexity index is 779. The third kappa shape index (κ3) is 1.84. The third-order valence-corrected chi connectivity index (χ3v) is 3.46.